The van der Waals surface area contributed by atoms with Crippen molar-refractivity contribution in [1.29, 1.82) is 0 Å². The van der Waals surface area contributed by atoms with E-state index in [1.807, 2.05) is 6.92 Å². The molecular weight excluding hydrogens is 276 g/mol. The van der Waals surface area contributed by atoms with Gasteiger partial charge in [-0.3, -0.25) is 0 Å². The Labute approximate surface area is 123 Å². The van der Waals surface area contributed by atoms with Gasteiger partial charge >= 0.3 is 0 Å². The summed E-state index contributed by atoms with van der Waals surface area (Å²) in [4.78, 5) is 10.8. The van der Waals surface area contributed by atoms with Crippen molar-refractivity contribution in [2.45, 2.75) is 26.2 Å². The van der Waals surface area contributed by atoms with Crippen LogP contribution in [0.1, 0.15) is 24.8 Å². The Morgan fingerprint density at radius 1 is 1.35 bits per heavy atom. The lowest BCUT2D eigenvalue weighted by molar-refractivity contribution is 0.337. The summed E-state index contributed by atoms with van der Waals surface area (Å²) in [5.74, 6) is 1.42. The van der Waals surface area contributed by atoms with E-state index >= 15 is 0 Å². The summed E-state index contributed by atoms with van der Waals surface area (Å²) in [7, 11) is 0. The zero-order chi connectivity index (χ0) is 13.9. The van der Waals surface area contributed by atoms with Crippen LogP contribution in [-0.4, -0.2) is 50.7 Å². The fourth-order valence-corrected chi connectivity index (χ4v) is 2.79. The fraction of sp³-hybridized carbons (Fsp3) is 0.615. The van der Waals surface area contributed by atoms with E-state index in [-0.39, 0.29) is 0 Å². The minimum Gasteiger partial charge on any atom is -0.370 e. The molecule has 1 fully saturated rings. The Kier molecular flexibility index (Phi) is 4.03. The van der Waals surface area contributed by atoms with Gasteiger partial charge in [-0.05, 0) is 45.8 Å². The average molecular weight is 295 g/mol. The predicted molar refractivity (Wildman–Crippen MR) is 79.3 cm³/mol. The molecule has 0 atom stereocenters. The highest BCUT2D eigenvalue weighted by Crippen LogP contribution is 2.21. The molecule has 0 aromatic carbocycles. The zero-order valence-corrected chi connectivity index (χ0v) is 12.4. The highest BCUT2D eigenvalue weighted by Gasteiger charge is 2.13. The van der Waals surface area contributed by atoms with Gasteiger partial charge in [0.25, 0.3) is 5.78 Å². The third-order valence-corrected chi connectivity index (χ3v) is 4.11. The van der Waals surface area contributed by atoms with Crippen LogP contribution in [-0.2, 0) is 0 Å². The summed E-state index contributed by atoms with van der Waals surface area (Å²) < 4.78 is 1.71. The maximum Gasteiger partial charge on any atom is 0.255 e. The molecule has 3 rings (SSSR count). The SMILES string of the molecule is Cc1c(Cl)nc2ncnn2c1NCCCN1CCCC1. The number of likely N-dealkylation sites (tertiary alicyclic amines) is 1. The third-order valence-electron chi connectivity index (χ3n) is 3.75. The number of fused-ring (bicyclic) bond motifs is 1. The fourth-order valence-electron chi connectivity index (χ4n) is 2.62. The first kappa shape index (κ1) is 13.6. The van der Waals surface area contributed by atoms with Crippen LogP contribution in [0.2, 0.25) is 5.15 Å². The van der Waals surface area contributed by atoms with Crippen molar-refractivity contribution >= 4 is 23.2 Å². The summed E-state index contributed by atoms with van der Waals surface area (Å²) in [6, 6.07) is 0. The Morgan fingerprint density at radius 2 is 2.15 bits per heavy atom. The van der Waals surface area contributed by atoms with E-state index in [9.17, 15) is 0 Å². The van der Waals surface area contributed by atoms with Gasteiger partial charge in [0.05, 0.1) is 0 Å². The number of nitrogens with one attached hydrogen (secondary N) is 1. The van der Waals surface area contributed by atoms with Crippen molar-refractivity contribution < 1.29 is 0 Å². The smallest absolute Gasteiger partial charge is 0.255 e. The van der Waals surface area contributed by atoms with Gasteiger partial charge in [0.15, 0.2) is 0 Å². The first-order valence-electron chi connectivity index (χ1n) is 7.08. The monoisotopic (exact) mass is 294 g/mol. The van der Waals surface area contributed by atoms with Gasteiger partial charge in [-0.15, -0.1) is 0 Å². The molecule has 1 aliphatic heterocycles. The van der Waals surface area contributed by atoms with E-state index in [2.05, 4.69) is 25.3 Å². The number of hydrogen-bond acceptors (Lipinski definition) is 5. The second-order valence-electron chi connectivity index (χ2n) is 5.18. The normalized spacial score (nSPS) is 16.1. The second-order valence-corrected chi connectivity index (χ2v) is 5.54. The quantitative estimate of drug-likeness (QED) is 0.675. The molecule has 1 aliphatic rings. The van der Waals surface area contributed by atoms with Gasteiger partial charge in [-0.25, -0.2) is 0 Å². The molecule has 7 heteroatoms. The van der Waals surface area contributed by atoms with Crippen molar-refractivity contribution in [2.75, 3.05) is 31.5 Å². The van der Waals surface area contributed by atoms with Crippen LogP contribution in [0.25, 0.3) is 5.78 Å². The van der Waals surface area contributed by atoms with E-state index in [4.69, 9.17) is 11.6 Å². The van der Waals surface area contributed by atoms with Crippen molar-refractivity contribution in [2.24, 2.45) is 0 Å². The molecule has 1 saturated heterocycles. The van der Waals surface area contributed by atoms with Crippen LogP contribution in [0.3, 0.4) is 0 Å². The van der Waals surface area contributed by atoms with Crippen LogP contribution < -0.4 is 5.32 Å². The van der Waals surface area contributed by atoms with Crippen molar-refractivity contribution in [3.63, 3.8) is 0 Å². The highest BCUT2D eigenvalue weighted by atomic mass is 35.5. The molecule has 2 aromatic rings. The van der Waals surface area contributed by atoms with Gasteiger partial charge in [-0.2, -0.15) is 19.6 Å². The van der Waals surface area contributed by atoms with Gasteiger partial charge in [0.2, 0.25) is 0 Å². The second kappa shape index (κ2) is 5.93. The first-order valence-corrected chi connectivity index (χ1v) is 7.45. The molecule has 6 nitrogen and oxygen atoms in total. The molecule has 0 unspecified atom stereocenters. The summed E-state index contributed by atoms with van der Waals surface area (Å²) in [6.45, 7) is 6.47. The number of aromatic nitrogens is 4. The lowest BCUT2D eigenvalue weighted by Crippen LogP contribution is -2.22. The highest BCUT2D eigenvalue weighted by molar-refractivity contribution is 6.30. The van der Waals surface area contributed by atoms with E-state index in [0.717, 1.165) is 30.9 Å². The molecule has 0 bridgehead atoms. The largest absolute Gasteiger partial charge is 0.370 e. The number of anilines is 1. The summed E-state index contributed by atoms with van der Waals surface area (Å²) in [5, 5.41) is 8.08. The molecule has 0 amide bonds. The minimum atomic E-state index is 0.479. The Hall–Kier alpha value is -1.40. The van der Waals surface area contributed by atoms with Gasteiger partial charge in [-0.1, -0.05) is 11.6 Å². The van der Waals surface area contributed by atoms with Crippen molar-refractivity contribution in [3.8, 4) is 0 Å². The Balaban J connectivity index is 1.64. The van der Waals surface area contributed by atoms with Gasteiger partial charge < -0.3 is 10.2 Å². The number of nitrogens with zero attached hydrogens (tertiary/aromatic N) is 5. The summed E-state index contributed by atoms with van der Waals surface area (Å²) >= 11 is 6.13. The Morgan fingerprint density at radius 3 is 2.95 bits per heavy atom. The Bertz CT molecular complexity index is 590. The van der Waals surface area contributed by atoms with E-state index in [1.165, 1.54) is 32.3 Å². The summed E-state index contributed by atoms with van der Waals surface area (Å²) in [5.41, 5.74) is 0.908. The van der Waals surface area contributed by atoms with Crippen LogP contribution in [0.15, 0.2) is 6.33 Å². The third kappa shape index (κ3) is 2.71. The molecule has 20 heavy (non-hydrogen) atoms. The first-order chi connectivity index (χ1) is 9.75. The lowest BCUT2D eigenvalue weighted by atomic mass is 10.3. The zero-order valence-electron chi connectivity index (χ0n) is 11.6. The van der Waals surface area contributed by atoms with E-state index < -0.39 is 0 Å². The number of hydrogen-bond donors (Lipinski definition) is 1. The van der Waals surface area contributed by atoms with E-state index in [0.29, 0.717) is 10.9 Å². The summed E-state index contributed by atoms with van der Waals surface area (Å²) in [6.07, 6.45) is 5.28. The molecular formula is C13H19ClN6. The van der Waals surface area contributed by atoms with Gasteiger partial charge in [0.1, 0.15) is 17.3 Å². The maximum absolute atomic E-state index is 6.13. The molecule has 1 N–H and O–H groups in total. The number of rotatable bonds is 5. The predicted octanol–water partition coefficient (Wildman–Crippen LogP) is 1.98. The maximum atomic E-state index is 6.13. The molecule has 2 aromatic heterocycles. The van der Waals surface area contributed by atoms with Crippen molar-refractivity contribution in [1.82, 2.24) is 24.5 Å². The molecule has 0 radical (unpaired) electrons. The lowest BCUT2D eigenvalue weighted by Gasteiger charge is -2.15. The van der Waals surface area contributed by atoms with Crippen LogP contribution in [0.5, 0.6) is 0 Å². The average Bonchev–Trinajstić information content (AvgIpc) is 3.09. The minimum absolute atomic E-state index is 0.479. The van der Waals surface area contributed by atoms with Crippen molar-refractivity contribution in [3.05, 3.63) is 17.0 Å². The molecule has 108 valence electrons. The molecule has 3 heterocycles. The van der Waals surface area contributed by atoms with Gasteiger partial charge in [0, 0.05) is 12.1 Å². The van der Waals surface area contributed by atoms with E-state index in [1.54, 1.807) is 4.52 Å². The van der Waals surface area contributed by atoms with Crippen LogP contribution >= 0.6 is 11.6 Å². The molecule has 0 spiro atoms. The van der Waals surface area contributed by atoms with Crippen LogP contribution in [0.4, 0.5) is 5.82 Å². The molecule has 0 aliphatic carbocycles. The van der Waals surface area contributed by atoms with Crippen LogP contribution in [0, 0.1) is 6.92 Å². The standard InChI is InChI=1S/C13H19ClN6/c1-10-11(14)18-13-16-9-17-20(13)12(10)15-5-4-8-19-6-2-3-7-19/h9,15H,2-8H2,1H3. The number of halogens is 1. The molecule has 0 saturated carbocycles. The topological polar surface area (TPSA) is 58.4 Å².